The zero-order chi connectivity index (χ0) is 17.0. The number of morpholine rings is 1. The van der Waals surface area contributed by atoms with E-state index in [2.05, 4.69) is 0 Å². The Bertz CT molecular complexity index is 812. The highest BCUT2D eigenvalue weighted by atomic mass is 32.2. The summed E-state index contributed by atoms with van der Waals surface area (Å²) < 4.78 is 30.9. The fourth-order valence-corrected chi connectivity index (χ4v) is 4.29. The van der Waals surface area contributed by atoms with E-state index in [4.69, 9.17) is 4.74 Å². The van der Waals surface area contributed by atoms with E-state index in [0.29, 0.717) is 31.9 Å². The van der Waals surface area contributed by atoms with E-state index < -0.39 is 9.84 Å². The second kappa shape index (κ2) is 7.15. The Balaban J connectivity index is 1.92. The van der Waals surface area contributed by atoms with Gasteiger partial charge in [-0.1, -0.05) is 42.5 Å². The van der Waals surface area contributed by atoms with Crippen molar-refractivity contribution >= 4 is 15.7 Å². The summed E-state index contributed by atoms with van der Waals surface area (Å²) in [6.07, 6.45) is 0. The van der Waals surface area contributed by atoms with Crippen LogP contribution in [-0.4, -0.2) is 45.5 Å². The molecule has 0 unspecified atom stereocenters. The summed E-state index contributed by atoms with van der Waals surface area (Å²) in [7, 11) is -3.61. The topological polar surface area (TPSA) is 63.7 Å². The van der Waals surface area contributed by atoms with Crippen LogP contribution in [-0.2, 0) is 20.3 Å². The molecule has 3 rings (SSSR count). The molecule has 24 heavy (non-hydrogen) atoms. The van der Waals surface area contributed by atoms with Crippen molar-refractivity contribution in [2.45, 2.75) is 10.6 Å². The summed E-state index contributed by atoms with van der Waals surface area (Å²) in [4.78, 5) is 14.5. The van der Waals surface area contributed by atoms with E-state index in [-0.39, 0.29) is 22.1 Å². The van der Waals surface area contributed by atoms with Crippen molar-refractivity contribution in [3.63, 3.8) is 0 Å². The molecule has 6 heteroatoms. The Morgan fingerprint density at radius 1 is 0.958 bits per heavy atom. The van der Waals surface area contributed by atoms with Gasteiger partial charge in [-0.15, -0.1) is 0 Å². The van der Waals surface area contributed by atoms with E-state index in [1.54, 1.807) is 47.4 Å². The van der Waals surface area contributed by atoms with Gasteiger partial charge in [0, 0.05) is 13.1 Å². The van der Waals surface area contributed by atoms with Gasteiger partial charge in [-0.3, -0.25) is 4.79 Å². The Morgan fingerprint density at radius 2 is 1.58 bits per heavy atom. The molecule has 0 saturated carbocycles. The number of carbonyl (C=O) groups excluding carboxylic acids is 1. The molecule has 1 aliphatic heterocycles. The van der Waals surface area contributed by atoms with Gasteiger partial charge >= 0.3 is 0 Å². The number of sulfone groups is 1. The van der Waals surface area contributed by atoms with Gasteiger partial charge in [0.25, 0.3) is 5.91 Å². The molecule has 1 aliphatic rings. The fourth-order valence-electron chi connectivity index (χ4n) is 2.72. The lowest BCUT2D eigenvalue weighted by atomic mass is 10.2. The van der Waals surface area contributed by atoms with Crippen molar-refractivity contribution in [1.82, 2.24) is 4.90 Å². The third-order valence-corrected chi connectivity index (χ3v) is 5.69. The molecule has 0 spiro atoms. The highest BCUT2D eigenvalue weighted by molar-refractivity contribution is 7.90. The molecule has 0 N–H and O–H groups in total. The minimum absolute atomic E-state index is 0.0883. The van der Waals surface area contributed by atoms with Crippen LogP contribution in [0.25, 0.3) is 0 Å². The highest BCUT2D eigenvalue weighted by Gasteiger charge is 2.26. The van der Waals surface area contributed by atoms with Crippen LogP contribution in [0.4, 0.5) is 0 Å². The SMILES string of the molecule is O=C(c1ccccc1S(=O)(=O)Cc1ccccc1)N1CCOCC1. The first kappa shape index (κ1) is 16.7. The molecule has 2 aromatic carbocycles. The number of rotatable bonds is 4. The lowest BCUT2D eigenvalue weighted by molar-refractivity contribution is 0.0300. The largest absolute Gasteiger partial charge is 0.378 e. The third kappa shape index (κ3) is 3.66. The Labute approximate surface area is 141 Å². The lowest BCUT2D eigenvalue weighted by Crippen LogP contribution is -2.41. The molecule has 0 aromatic heterocycles. The van der Waals surface area contributed by atoms with Gasteiger partial charge in [0.15, 0.2) is 9.84 Å². The summed E-state index contributed by atoms with van der Waals surface area (Å²) in [6, 6.07) is 15.4. The van der Waals surface area contributed by atoms with Crippen LogP contribution in [0.5, 0.6) is 0 Å². The van der Waals surface area contributed by atoms with Crippen molar-refractivity contribution in [3.05, 3.63) is 65.7 Å². The smallest absolute Gasteiger partial charge is 0.255 e. The molecule has 1 fully saturated rings. The first-order chi connectivity index (χ1) is 11.6. The molecule has 0 bridgehead atoms. The maximum atomic E-state index is 12.8. The summed E-state index contributed by atoms with van der Waals surface area (Å²) in [5, 5.41) is 0. The van der Waals surface area contributed by atoms with E-state index in [0.717, 1.165) is 0 Å². The number of benzene rings is 2. The normalized spacial score (nSPS) is 15.2. The molecule has 1 heterocycles. The maximum absolute atomic E-state index is 12.8. The van der Waals surface area contributed by atoms with Gasteiger partial charge < -0.3 is 9.64 Å². The molecule has 2 aromatic rings. The van der Waals surface area contributed by atoms with Crippen molar-refractivity contribution in [3.8, 4) is 0 Å². The molecule has 5 nitrogen and oxygen atoms in total. The van der Waals surface area contributed by atoms with E-state index in [1.165, 1.54) is 6.07 Å². The Kier molecular flexibility index (Phi) is 4.97. The second-order valence-electron chi connectivity index (χ2n) is 5.65. The highest BCUT2D eigenvalue weighted by Crippen LogP contribution is 2.22. The molecular formula is C18H19NO4S. The first-order valence-corrected chi connectivity index (χ1v) is 9.46. The number of carbonyl (C=O) groups is 1. The van der Waals surface area contributed by atoms with Crippen LogP contribution in [0, 0.1) is 0 Å². The maximum Gasteiger partial charge on any atom is 0.255 e. The number of ether oxygens (including phenoxy) is 1. The Morgan fingerprint density at radius 3 is 2.29 bits per heavy atom. The van der Waals surface area contributed by atoms with Crippen molar-refractivity contribution in [2.24, 2.45) is 0 Å². The zero-order valence-corrected chi connectivity index (χ0v) is 14.0. The standard InChI is InChI=1S/C18H19NO4S/c20-18(19-10-12-23-13-11-19)16-8-4-5-9-17(16)24(21,22)14-15-6-2-1-3-7-15/h1-9H,10-14H2. The minimum atomic E-state index is -3.61. The lowest BCUT2D eigenvalue weighted by Gasteiger charge is -2.27. The van der Waals surface area contributed by atoms with Crippen LogP contribution >= 0.6 is 0 Å². The zero-order valence-electron chi connectivity index (χ0n) is 13.2. The second-order valence-corrected chi connectivity index (χ2v) is 7.60. The predicted molar refractivity (Wildman–Crippen MR) is 90.5 cm³/mol. The van der Waals surface area contributed by atoms with Crippen LogP contribution in [0.15, 0.2) is 59.5 Å². The molecule has 1 saturated heterocycles. The van der Waals surface area contributed by atoms with Gasteiger partial charge in [-0.25, -0.2) is 8.42 Å². The molecule has 1 amide bonds. The van der Waals surface area contributed by atoms with E-state index in [1.807, 2.05) is 6.07 Å². The van der Waals surface area contributed by atoms with Gasteiger partial charge in [0.2, 0.25) is 0 Å². The van der Waals surface area contributed by atoms with Gasteiger partial charge in [-0.05, 0) is 17.7 Å². The average molecular weight is 345 g/mol. The van der Waals surface area contributed by atoms with Crippen molar-refractivity contribution in [2.75, 3.05) is 26.3 Å². The van der Waals surface area contributed by atoms with Crippen molar-refractivity contribution in [1.29, 1.82) is 0 Å². The average Bonchev–Trinajstić information content (AvgIpc) is 2.62. The fraction of sp³-hybridized carbons (Fsp3) is 0.278. The molecular weight excluding hydrogens is 326 g/mol. The third-order valence-electron chi connectivity index (χ3n) is 3.95. The van der Waals surface area contributed by atoms with Crippen molar-refractivity contribution < 1.29 is 17.9 Å². The van der Waals surface area contributed by atoms with Crippen LogP contribution < -0.4 is 0 Å². The quantitative estimate of drug-likeness (QED) is 0.852. The monoisotopic (exact) mass is 345 g/mol. The number of hydrogen-bond donors (Lipinski definition) is 0. The van der Waals surface area contributed by atoms with Crippen LogP contribution in [0.3, 0.4) is 0 Å². The van der Waals surface area contributed by atoms with E-state index >= 15 is 0 Å². The van der Waals surface area contributed by atoms with Gasteiger partial charge in [-0.2, -0.15) is 0 Å². The van der Waals surface area contributed by atoms with Crippen LogP contribution in [0.2, 0.25) is 0 Å². The summed E-state index contributed by atoms with van der Waals surface area (Å²) in [6.45, 7) is 1.91. The van der Waals surface area contributed by atoms with Crippen LogP contribution in [0.1, 0.15) is 15.9 Å². The Hall–Kier alpha value is -2.18. The van der Waals surface area contributed by atoms with Gasteiger partial charge in [0.1, 0.15) is 0 Å². The predicted octanol–water partition coefficient (Wildman–Crippen LogP) is 2.13. The minimum Gasteiger partial charge on any atom is -0.378 e. The number of amides is 1. The van der Waals surface area contributed by atoms with Gasteiger partial charge in [0.05, 0.1) is 29.4 Å². The molecule has 0 radical (unpaired) electrons. The van der Waals surface area contributed by atoms with E-state index in [9.17, 15) is 13.2 Å². The molecule has 126 valence electrons. The number of hydrogen-bond acceptors (Lipinski definition) is 4. The molecule has 0 atom stereocenters. The summed E-state index contributed by atoms with van der Waals surface area (Å²) in [5.74, 6) is -0.383. The first-order valence-electron chi connectivity index (χ1n) is 7.81. The summed E-state index contributed by atoms with van der Waals surface area (Å²) in [5.41, 5.74) is 0.932. The molecule has 0 aliphatic carbocycles. The number of nitrogens with zero attached hydrogens (tertiary/aromatic N) is 1. The summed E-state index contributed by atoms with van der Waals surface area (Å²) >= 11 is 0.